The van der Waals surface area contributed by atoms with Crippen molar-refractivity contribution in [3.8, 4) is 0 Å². The van der Waals surface area contributed by atoms with Crippen molar-refractivity contribution in [2.45, 2.75) is 26.3 Å². The fourth-order valence-corrected chi connectivity index (χ4v) is 0.349. The third-order valence-electron chi connectivity index (χ3n) is 0.652. The zero-order valence-corrected chi connectivity index (χ0v) is 7.15. The van der Waals surface area contributed by atoms with E-state index in [1.807, 2.05) is 0 Å². The smallest absolute Gasteiger partial charge is 0.662 e. The van der Waals surface area contributed by atoms with Crippen LogP contribution in [0.3, 0.4) is 0 Å². The van der Waals surface area contributed by atoms with Crippen LogP contribution in [-0.4, -0.2) is 12.6 Å². The van der Waals surface area contributed by atoms with Crippen molar-refractivity contribution in [2.24, 2.45) is 0 Å². The Bertz CT molecular complexity index is 40.0. The zero-order chi connectivity index (χ0) is 5.70. The van der Waals surface area contributed by atoms with Gasteiger partial charge >= 0.3 is 37.7 Å². The minimum Gasteiger partial charge on any atom is -0.662 e. The second kappa shape index (κ2) is 11.9. The minimum absolute atomic E-state index is 0. The first-order valence-electron chi connectivity index (χ1n) is 2.73. The maximum atomic E-state index is 4.18. The van der Waals surface area contributed by atoms with Crippen molar-refractivity contribution in [1.82, 2.24) is 0 Å². The number of rotatable bonds is 3. The molecule has 0 aliphatic heterocycles. The molecule has 1 nitrogen and oxygen atoms in total. The van der Waals surface area contributed by atoms with Crippen molar-refractivity contribution in [2.75, 3.05) is 6.54 Å². The van der Waals surface area contributed by atoms with Crippen molar-refractivity contribution >= 4 is 0 Å². The van der Waals surface area contributed by atoms with Gasteiger partial charge in [-0.3, -0.25) is 0 Å². The molecule has 0 heterocycles. The maximum absolute atomic E-state index is 4.18. The van der Waals surface area contributed by atoms with Gasteiger partial charge in [-0.1, -0.05) is 13.8 Å². The second-order valence-corrected chi connectivity index (χ2v) is 1.85. The second-order valence-electron chi connectivity index (χ2n) is 1.85. The van der Waals surface area contributed by atoms with Gasteiger partial charge in [-0.2, -0.15) is 6.54 Å². The Hall–Kier alpha value is 1.15. The van der Waals surface area contributed by atoms with E-state index >= 15 is 0 Å². The summed E-state index contributed by atoms with van der Waals surface area (Å²) in [6.45, 7) is 8.74. The van der Waals surface area contributed by atoms with Gasteiger partial charge in [0.1, 0.15) is 0 Å². The Labute approximate surface area is 82.7 Å². The van der Waals surface area contributed by atoms with Crippen LogP contribution < -0.4 is 37.7 Å². The molecule has 0 saturated carbocycles. The van der Waals surface area contributed by atoms with E-state index in [9.17, 15) is 0 Å². The van der Waals surface area contributed by atoms with Crippen molar-refractivity contribution in [3.05, 3.63) is 12.2 Å². The van der Waals surface area contributed by atoms with Crippen LogP contribution in [0.5, 0.6) is 0 Å². The Morgan fingerprint density at radius 3 is 1.89 bits per heavy atom. The number of nitrogens with zero attached hydrogens (tertiary/aromatic N) is 1. The molecule has 0 aliphatic carbocycles. The van der Waals surface area contributed by atoms with E-state index in [0.717, 1.165) is 13.0 Å². The molecule has 0 rings (SSSR count). The van der Waals surface area contributed by atoms with Gasteiger partial charge in [-0.15, -0.1) is 6.04 Å². The van der Waals surface area contributed by atoms with Gasteiger partial charge in [0.15, 0.2) is 0 Å². The summed E-state index contributed by atoms with van der Waals surface area (Å²) in [6, 6.07) is 0.488. The van der Waals surface area contributed by atoms with Gasteiger partial charge in [0.05, 0.1) is 0 Å². The van der Waals surface area contributed by atoms with Crippen LogP contribution in [0.25, 0.3) is 5.32 Å². The van der Waals surface area contributed by atoms with E-state index in [1.54, 1.807) is 0 Å². The molecular weight excluding hydrogens is 100.0 g/mol. The summed E-state index contributed by atoms with van der Waals surface area (Å²) in [5.41, 5.74) is 0. The van der Waals surface area contributed by atoms with E-state index in [1.165, 1.54) is 0 Å². The normalized spacial score (nSPS) is 8.00. The first-order chi connectivity index (χ1) is 3.27. The summed E-state index contributed by atoms with van der Waals surface area (Å²) in [6.07, 6.45) is 0.929. The molecule has 44 valence electrons. The van der Waals surface area contributed by atoms with Crippen LogP contribution >= 0.6 is 0 Å². The average molecular weight is 113 g/mol. The van der Waals surface area contributed by atoms with Crippen molar-refractivity contribution < 1.29 is 37.7 Å². The van der Waals surface area contributed by atoms with Crippen LogP contribution in [0.15, 0.2) is 0 Å². The zero-order valence-electron chi connectivity index (χ0n) is 7.15. The summed E-state index contributed by atoms with van der Waals surface area (Å²) in [5.74, 6) is 0. The minimum atomic E-state index is 0. The summed E-state index contributed by atoms with van der Waals surface area (Å²) in [4.78, 5) is 0. The molecule has 0 fully saturated rings. The number of hydrogen-bond acceptors (Lipinski definition) is 0. The quantitative estimate of drug-likeness (QED) is 0.261. The topological polar surface area (TPSA) is 14.1 Å². The molecule has 0 atom stereocenters. The van der Waals surface area contributed by atoms with Gasteiger partial charge < -0.3 is 12.2 Å². The third kappa shape index (κ3) is 17.6. The predicted molar refractivity (Wildman–Crippen MR) is 33.3 cm³/mol. The summed E-state index contributed by atoms with van der Waals surface area (Å²) < 4.78 is 0. The van der Waals surface area contributed by atoms with Gasteiger partial charge in [-0.05, 0) is 0 Å². The molecule has 0 unspecified atom stereocenters. The molecule has 0 N–H and O–H groups in total. The van der Waals surface area contributed by atoms with E-state index in [0.29, 0.717) is 6.04 Å². The monoisotopic (exact) mass is 113 g/mol. The standard InChI is InChI=1S/C6H13N.2Li/c1-4-5-7-6(2)3;;/h6H,1,4-5H2,2-3H3;;/q-2;2*+1. The van der Waals surface area contributed by atoms with Crippen molar-refractivity contribution in [3.63, 3.8) is 0 Å². The van der Waals surface area contributed by atoms with Crippen LogP contribution in [0.2, 0.25) is 0 Å². The summed E-state index contributed by atoms with van der Waals surface area (Å²) in [7, 11) is 0. The van der Waals surface area contributed by atoms with Crippen LogP contribution in [0.4, 0.5) is 0 Å². The molecule has 0 aromatic rings. The fraction of sp³-hybridized carbons (Fsp3) is 0.833. The van der Waals surface area contributed by atoms with Gasteiger partial charge in [0.2, 0.25) is 0 Å². The Balaban J connectivity index is -0.000000180. The third-order valence-corrected chi connectivity index (χ3v) is 0.652. The molecule has 0 aromatic carbocycles. The number of hydrogen-bond donors (Lipinski definition) is 0. The molecule has 0 bridgehead atoms. The largest absolute Gasteiger partial charge is 1.00 e. The Morgan fingerprint density at radius 2 is 1.78 bits per heavy atom. The van der Waals surface area contributed by atoms with E-state index in [4.69, 9.17) is 0 Å². The molecule has 0 spiro atoms. The van der Waals surface area contributed by atoms with Gasteiger partial charge in [0, 0.05) is 0 Å². The molecular formula is C6H13Li2N. The summed E-state index contributed by atoms with van der Waals surface area (Å²) >= 11 is 0. The molecule has 0 aliphatic rings. The van der Waals surface area contributed by atoms with Crippen LogP contribution in [-0.2, 0) is 0 Å². The van der Waals surface area contributed by atoms with Gasteiger partial charge in [0.25, 0.3) is 0 Å². The van der Waals surface area contributed by atoms with Crippen LogP contribution in [0, 0.1) is 6.92 Å². The Morgan fingerprint density at radius 1 is 1.33 bits per heavy atom. The SMILES string of the molecule is [CH2-]CC[N-]C(C)C.[Li+].[Li+]. The van der Waals surface area contributed by atoms with Crippen LogP contribution in [0.1, 0.15) is 20.3 Å². The van der Waals surface area contributed by atoms with Gasteiger partial charge in [-0.25, -0.2) is 6.42 Å². The van der Waals surface area contributed by atoms with Crippen molar-refractivity contribution in [1.29, 1.82) is 0 Å². The Kier molecular flexibility index (Phi) is 22.0. The molecule has 0 radical (unpaired) electrons. The first kappa shape index (κ1) is 16.6. The molecule has 9 heavy (non-hydrogen) atoms. The van der Waals surface area contributed by atoms with E-state index < -0.39 is 0 Å². The molecule has 3 heteroatoms. The predicted octanol–water partition coefficient (Wildman–Crippen LogP) is -4.00. The van der Waals surface area contributed by atoms with E-state index in [-0.39, 0.29) is 37.7 Å². The average Bonchev–Trinajstić information content (AvgIpc) is 1.61. The maximum Gasteiger partial charge on any atom is 1.00 e. The first-order valence-corrected chi connectivity index (χ1v) is 2.73. The molecule has 0 saturated heterocycles. The molecule has 0 aromatic heterocycles. The molecule has 0 amide bonds. The fourth-order valence-electron chi connectivity index (χ4n) is 0.349. The van der Waals surface area contributed by atoms with E-state index in [2.05, 4.69) is 26.1 Å². The summed E-state index contributed by atoms with van der Waals surface area (Å²) in [5, 5.41) is 4.18.